The second-order valence-electron chi connectivity index (χ2n) is 21.0. The lowest BCUT2D eigenvalue weighted by Crippen LogP contribution is -2.78. The molecule has 6 heterocycles. The number of aliphatic carboxylic acids is 2. The smallest absolute Gasteiger partial charge is 0.442 e. The van der Waals surface area contributed by atoms with Crippen LogP contribution >= 0.6 is 45.9 Å². The van der Waals surface area contributed by atoms with Crippen LogP contribution in [0.25, 0.3) is 22.3 Å². The predicted octanol–water partition coefficient (Wildman–Crippen LogP) is 1.32. The lowest BCUT2D eigenvalue weighted by Gasteiger charge is -2.52. The van der Waals surface area contributed by atoms with Gasteiger partial charge in [-0.2, -0.15) is 18.5 Å². The minimum atomic E-state index is -5.41. The molecule has 484 valence electrons. The zero-order chi connectivity index (χ0) is 66.3. The number of anilines is 4. The highest BCUT2D eigenvalue weighted by molar-refractivity contribution is 7.81. The Morgan fingerprint density at radius 2 is 0.989 bits per heavy atom. The number of amides is 4. The molecule has 32 nitrogen and oxygen atoms in total. The Bertz CT molecular complexity index is 3690. The predicted molar refractivity (Wildman–Crippen MR) is 330 cm³/mol. The summed E-state index contributed by atoms with van der Waals surface area (Å²) >= 11 is 14.2. The van der Waals surface area contributed by atoms with Crippen LogP contribution in [0.4, 0.5) is 21.9 Å². The number of nitrogen functional groups attached to an aromatic ring is 2. The van der Waals surface area contributed by atoms with Crippen LogP contribution in [-0.4, -0.2) is 160 Å². The minimum absolute atomic E-state index is 0.134. The van der Waals surface area contributed by atoms with Gasteiger partial charge in [-0.15, -0.1) is 8.57 Å². The molecule has 2 aliphatic rings. The third-order valence-corrected chi connectivity index (χ3v) is 16.6. The summed E-state index contributed by atoms with van der Waals surface area (Å²) in [4.78, 5) is 98.7. The third-order valence-electron chi connectivity index (χ3n) is 13.8. The summed E-state index contributed by atoms with van der Waals surface area (Å²) in [6.07, 6.45) is 0.143. The summed E-state index contributed by atoms with van der Waals surface area (Å²) < 4.78 is 51.9. The van der Waals surface area contributed by atoms with E-state index in [-0.39, 0.29) is 41.8 Å². The van der Waals surface area contributed by atoms with Crippen LogP contribution in [0.15, 0.2) is 95.5 Å². The second kappa shape index (κ2) is 28.4. The molecule has 0 unspecified atom stereocenters. The average molecular weight is 1360 g/mol. The molecule has 0 bridgehead atoms. The molecule has 0 spiro atoms. The highest BCUT2D eigenvalue weighted by Gasteiger charge is 2.61. The lowest BCUT2D eigenvalue weighted by atomic mass is 9.84. The van der Waals surface area contributed by atoms with E-state index in [1.807, 2.05) is 59.9 Å². The number of rotatable bonds is 30. The van der Waals surface area contributed by atoms with Crippen molar-refractivity contribution in [1.82, 2.24) is 30.7 Å². The number of carboxylic acids is 2. The Kier molecular flexibility index (Phi) is 21.2. The van der Waals surface area contributed by atoms with E-state index >= 15 is 0 Å². The number of oxime groups is 2. The monoisotopic (exact) mass is 1360 g/mol. The molecule has 4 amide bonds. The number of carbonyl (C=O) groups is 6. The first-order valence-electron chi connectivity index (χ1n) is 27.1. The number of hydrogen-bond donors (Lipinski definition) is 10. The van der Waals surface area contributed by atoms with Crippen molar-refractivity contribution in [3.8, 4) is 33.8 Å². The third kappa shape index (κ3) is 15.7. The second-order valence-corrected chi connectivity index (χ2v) is 25.3. The number of carboxylic acid groups (broad SMARTS) is 2. The Morgan fingerprint density at radius 1 is 0.637 bits per heavy atom. The van der Waals surface area contributed by atoms with E-state index < -0.39 is 106 Å². The van der Waals surface area contributed by atoms with Gasteiger partial charge in [-0.25, -0.2) is 28.7 Å². The Balaban J connectivity index is 0.877. The summed E-state index contributed by atoms with van der Waals surface area (Å²) in [5.74, 6) is -5.65. The van der Waals surface area contributed by atoms with Crippen LogP contribution in [0.3, 0.4) is 0 Å². The van der Waals surface area contributed by atoms with Crippen LogP contribution in [0, 0.1) is 0 Å². The fraction of sp³-hybridized carbons (Fsp3) is 0.333. The quantitative estimate of drug-likeness (QED) is 0.0132. The van der Waals surface area contributed by atoms with Gasteiger partial charge in [0.1, 0.15) is 56.9 Å². The maximum absolute atomic E-state index is 14.0. The number of aromatic nitrogens is 4. The number of benzene rings is 2. The van der Waals surface area contributed by atoms with E-state index in [0.717, 1.165) is 56.6 Å². The van der Waals surface area contributed by atoms with E-state index in [2.05, 4.69) is 41.5 Å². The van der Waals surface area contributed by atoms with Gasteiger partial charge in [0.2, 0.25) is 0 Å². The van der Waals surface area contributed by atoms with Crippen molar-refractivity contribution in [2.45, 2.75) is 63.1 Å². The molecule has 2 aliphatic heterocycles. The zero-order valence-corrected chi connectivity index (χ0v) is 53.1. The van der Waals surface area contributed by atoms with Crippen molar-refractivity contribution in [1.29, 1.82) is 0 Å². The molecule has 37 heteroatoms. The molecule has 2 saturated heterocycles. The van der Waals surface area contributed by atoms with Crippen LogP contribution in [0.5, 0.6) is 11.5 Å². The molecule has 91 heavy (non-hydrogen) atoms. The fourth-order valence-corrected chi connectivity index (χ4v) is 11.6. The van der Waals surface area contributed by atoms with Gasteiger partial charge in [0, 0.05) is 36.3 Å². The van der Waals surface area contributed by atoms with E-state index in [0.29, 0.717) is 36.3 Å². The van der Waals surface area contributed by atoms with Crippen LogP contribution in [0.2, 0.25) is 8.67 Å². The molecule has 2 aromatic carbocycles. The Hall–Kier alpha value is -9.07. The molecule has 0 radical (unpaired) electrons. The normalized spacial score (nSPS) is 16.8. The van der Waals surface area contributed by atoms with Gasteiger partial charge < -0.3 is 62.9 Å². The first-order chi connectivity index (χ1) is 43.0. The number of ether oxygens (including phenoxy) is 2. The molecule has 4 aromatic heterocycles. The molecular formula is C54H62Cl2N16O16S3+2. The van der Waals surface area contributed by atoms with E-state index in [4.69, 9.17) is 73.9 Å². The summed E-state index contributed by atoms with van der Waals surface area (Å²) in [6, 6.07) is 17.9. The summed E-state index contributed by atoms with van der Waals surface area (Å²) in [5, 5.41) is 39.2. The fourth-order valence-electron chi connectivity index (χ4n) is 8.84. The van der Waals surface area contributed by atoms with Crippen LogP contribution in [-0.2, 0) is 71.5 Å². The van der Waals surface area contributed by atoms with Gasteiger partial charge in [-0.1, -0.05) is 80.5 Å². The number of nitrogens with two attached hydrogens (primary N) is 4. The van der Waals surface area contributed by atoms with Gasteiger partial charge in [0.25, 0.3) is 47.5 Å². The molecular weight excluding hydrogens is 1300 g/mol. The minimum Gasteiger partial charge on any atom is -0.489 e. The number of nitrogens with one attached hydrogen (secondary N) is 4. The van der Waals surface area contributed by atoms with Gasteiger partial charge in [0.15, 0.2) is 21.7 Å². The van der Waals surface area contributed by atoms with Gasteiger partial charge >= 0.3 is 22.3 Å². The maximum atomic E-state index is 14.0. The van der Waals surface area contributed by atoms with E-state index in [1.54, 1.807) is 48.5 Å². The lowest BCUT2D eigenvalue weighted by molar-refractivity contribution is -0.656. The van der Waals surface area contributed by atoms with Gasteiger partial charge in [-0.3, -0.25) is 29.8 Å². The molecule has 6 aromatic rings. The highest BCUT2D eigenvalue weighted by Crippen LogP contribution is 2.38. The van der Waals surface area contributed by atoms with E-state index in [9.17, 15) is 47.4 Å². The van der Waals surface area contributed by atoms with Crippen molar-refractivity contribution in [2.24, 2.45) is 35.9 Å². The highest BCUT2D eigenvalue weighted by atomic mass is 35.5. The number of nitrogens with zero attached hydrogens (tertiary/aromatic N) is 8. The first kappa shape index (κ1) is 67.9. The number of β-lactam (4-membered cyclic amide) rings is 2. The number of hydroxylamine groups is 4. The molecule has 14 N–H and O–H groups in total. The molecule has 8 rings (SSSR count). The van der Waals surface area contributed by atoms with Crippen molar-refractivity contribution in [3.05, 3.63) is 105 Å². The number of hydrogen-bond acceptors (Lipinski definition) is 26. The number of thiazole rings is 2. The molecule has 0 aliphatic carbocycles. The van der Waals surface area contributed by atoms with Crippen molar-refractivity contribution in [2.75, 3.05) is 61.5 Å². The standard InChI is InChI=1S/C54H60Cl2N16O16S3/c1-53(2)41(65-45(73)39(37-43(55)89-51(59)63-37)67-85-33(49(77)78)25-83-31-13-7-27(8-14-31)29-11-17-35(61-21-19-57)69(5)23-29)47(75)71(53)87-91(81,82)88-72-48(76)42(54(72,3)4)66-46(74)40(38-44(56)90-52(60)64-38)68-86-34(50(79)80)26-84-32-15-9-28(10-16-32)30-12-18-36(62-22-20-58)70(6)24-30/h7-18,23-24,33-34,41-42H,19-22,25-26,57-58H2,1-6H3,(H8,59,60,63,64,65,66,73,74,77,78,79,80)/p+2/b67-39-,68-40-/t33-,34-,41+,42+/m0/s1. The number of aryl methyl sites for hydroxylation is 2. The van der Waals surface area contributed by atoms with Gasteiger partial charge in [-0.05, 0) is 75.2 Å². The molecule has 2 fully saturated rings. The van der Waals surface area contributed by atoms with Gasteiger partial charge in [0.05, 0.1) is 50.7 Å². The number of carbonyl (C=O) groups excluding carboxylic acids is 4. The maximum Gasteiger partial charge on any atom is 0.442 e. The SMILES string of the molecule is C[n+]1cc(-c2ccc(OC[C@H](O/N=C(\C(=O)N[C@@H]3C(=O)N(OS(=O)(=O)ON4C(=O)[C@@H](NC(=O)/C(=N\O[C@@H](COc5ccc(-c6ccc(NCCN)[n+](C)c6)cc5)C(=O)O)c5nc(N)sc5Cl)C4(C)C)C3(C)C)c3nc(N)sc3Cl)C(=O)O)cc2)ccc1NCCN. The van der Waals surface area contributed by atoms with Crippen LogP contribution in [0.1, 0.15) is 39.1 Å². The molecule has 0 saturated carbocycles. The Morgan fingerprint density at radius 3 is 1.29 bits per heavy atom. The zero-order valence-electron chi connectivity index (χ0n) is 49.1. The Labute approximate surface area is 536 Å². The largest absolute Gasteiger partial charge is 0.489 e. The van der Waals surface area contributed by atoms with Crippen molar-refractivity contribution >= 4 is 125 Å². The summed E-state index contributed by atoms with van der Waals surface area (Å²) in [7, 11) is -1.67. The summed E-state index contributed by atoms with van der Waals surface area (Å²) in [6.45, 7) is 5.98. The van der Waals surface area contributed by atoms with Crippen LogP contribution < -0.4 is 62.8 Å². The molecule has 4 atom stereocenters. The van der Waals surface area contributed by atoms with E-state index in [1.165, 1.54) is 27.7 Å². The number of pyridine rings is 2. The number of halogens is 2. The summed E-state index contributed by atoms with van der Waals surface area (Å²) in [5.41, 5.74) is 20.6. The topological polar surface area (TPSA) is 449 Å². The van der Waals surface area contributed by atoms with Crippen molar-refractivity contribution < 1.29 is 84.2 Å². The first-order valence-corrected chi connectivity index (χ1v) is 30.8. The average Bonchev–Trinajstić information content (AvgIpc) is 1.46. The van der Waals surface area contributed by atoms with Crippen molar-refractivity contribution in [3.63, 3.8) is 0 Å².